The molecule has 1 amide bonds. The zero-order valence-corrected chi connectivity index (χ0v) is 16.0. The third-order valence-corrected chi connectivity index (χ3v) is 4.08. The van der Waals surface area contributed by atoms with Crippen LogP contribution in [0.4, 0.5) is 5.69 Å². The first-order valence-corrected chi connectivity index (χ1v) is 8.86. The molecule has 1 saturated heterocycles. The Labute approximate surface area is 151 Å². The van der Waals surface area contributed by atoms with E-state index < -0.39 is 0 Å². The number of nitrogens with one attached hydrogen (secondary N) is 3. The van der Waals surface area contributed by atoms with Crippen LogP contribution in [0.25, 0.3) is 0 Å². The molecule has 1 atom stereocenters. The highest BCUT2D eigenvalue weighted by atomic mass is 16.2. The predicted octanol–water partition coefficient (Wildman–Crippen LogP) is 1.65. The van der Waals surface area contributed by atoms with Crippen molar-refractivity contribution in [3.8, 4) is 0 Å². The number of guanidine groups is 1. The van der Waals surface area contributed by atoms with Crippen LogP contribution in [0, 0.1) is 6.92 Å². The fourth-order valence-electron chi connectivity index (χ4n) is 2.88. The number of hydrogen-bond donors (Lipinski definition) is 3. The average Bonchev–Trinajstić information content (AvgIpc) is 2.99. The number of nitrogens with zero attached hydrogens (tertiary/aromatic N) is 2. The standard InChI is InChI=1S/C19H31N5O/c1-14-6-8-16(9-7-14)24-11-10-15(13-24)22-18(20-5)21-12-17(25)23-19(2,3)4/h6-9,15H,10-13H2,1-5H3,(H,23,25)(H2,20,21,22). The van der Waals surface area contributed by atoms with Crippen LogP contribution in [-0.2, 0) is 4.79 Å². The zero-order chi connectivity index (χ0) is 18.4. The van der Waals surface area contributed by atoms with Gasteiger partial charge in [-0.1, -0.05) is 17.7 Å². The van der Waals surface area contributed by atoms with Gasteiger partial charge in [0.25, 0.3) is 0 Å². The summed E-state index contributed by atoms with van der Waals surface area (Å²) in [5, 5.41) is 9.43. The molecular formula is C19H31N5O. The second-order valence-electron chi connectivity index (χ2n) is 7.64. The average molecular weight is 345 g/mol. The van der Waals surface area contributed by atoms with Crippen LogP contribution in [0.3, 0.4) is 0 Å². The number of anilines is 1. The van der Waals surface area contributed by atoms with Gasteiger partial charge in [-0.2, -0.15) is 0 Å². The minimum atomic E-state index is -0.226. The molecule has 25 heavy (non-hydrogen) atoms. The normalized spacial score (nSPS) is 18.2. The third kappa shape index (κ3) is 6.29. The minimum absolute atomic E-state index is 0.0387. The number of aryl methyl sites for hydroxylation is 1. The van der Waals surface area contributed by atoms with Crippen LogP contribution in [0.15, 0.2) is 29.3 Å². The number of amides is 1. The van der Waals surface area contributed by atoms with Crippen molar-refractivity contribution in [2.75, 3.05) is 31.6 Å². The van der Waals surface area contributed by atoms with Gasteiger partial charge >= 0.3 is 0 Å². The van der Waals surface area contributed by atoms with Crippen LogP contribution >= 0.6 is 0 Å². The van der Waals surface area contributed by atoms with Crippen LogP contribution in [-0.4, -0.2) is 50.1 Å². The summed E-state index contributed by atoms with van der Waals surface area (Å²) in [7, 11) is 1.73. The molecule has 1 aromatic carbocycles. The number of carbonyl (C=O) groups is 1. The molecule has 3 N–H and O–H groups in total. The molecule has 0 saturated carbocycles. The quantitative estimate of drug-likeness (QED) is 0.573. The van der Waals surface area contributed by atoms with Gasteiger partial charge in [-0.05, 0) is 46.2 Å². The molecule has 0 spiro atoms. The molecule has 6 nitrogen and oxygen atoms in total. The monoisotopic (exact) mass is 345 g/mol. The predicted molar refractivity (Wildman–Crippen MR) is 104 cm³/mol. The summed E-state index contributed by atoms with van der Waals surface area (Å²) in [4.78, 5) is 18.5. The Morgan fingerprint density at radius 2 is 1.96 bits per heavy atom. The van der Waals surface area contributed by atoms with Crippen molar-refractivity contribution in [2.24, 2.45) is 4.99 Å². The van der Waals surface area contributed by atoms with Gasteiger partial charge in [-0.3, -0.25) is 9.79 Å². The fourth-order valence-corrected chi connectivity index (χ4v) is 2.88. The van der Waals surface area contributed by atoms with Crippen molar-refractivity contribution < 1.29 is 4.79 Å². The highest BCUT2D eigenvalue weighted by Gasteiger charge is 2.23. The van der Waals surface area contributed by atoms with E-state index in [9.17, 15) is 4.79 Å². The smallest absolute Gasteiger partial charge is 0.239 e. The summed E-state index contributed by atoms with van der Waals surface area (Å²) < 4.78 is 0. The Balaban J connectivity index is 1.80. The van der Waals surface area contributed by atoms with E-state index in [2.05, 4.69) is 57.0 Å². The van der Waals surface area contributed by atoms with Crippen molar-refractivity contribution in [2.45, 2.75) is 45.7 Å². The van der Waals surface area contributed by atoms with Crippen molar-refractivity contribution in [3.05, 3.63) is 29.8 Å². The number of carbonyl (C=O) groups excluding carboxylic acids is 1. The maximum atomic E-state index is 11.9. The highest BCUT2D eigenvalue weighted by molar-refractivity contribution is 5.86. The molecule has 0 bridgehead atoms. The number of hydrogen-bond acceptors (Lipinski definition) is 3. The van der Waals surface area contributed by atoms with Crippen LogP contribution in [0.5, 0.6) is 0 Å². The SMILES string of the molecule is CN=C(NCC(=O)NC(C)(C)C)NC1CCN(c2ccc(C)cc2)C1. The molecule has 1 aliphatic rings. The largest absolute Gasteiger partial charge is 0.369 e. The number of benzene rings is 1. The topological polar surface area (TPSA) is 68.8 Å². The second kappa shape index (κ2) is 8.23. The maximum absolute atomic E-state index is 11.9. The molecule has 1 aromatic rings. The van der Waals surface area contributed by atoms with Gasteiger partial charge in [-0.15, -0.1) is 0 Å². The van der Waals surface area contributed by atoms with E-state index in [1.807, 2.05) is 20.8 Å². The van der Waals surface area contributed by atoms with Crippen LogP contribution in [0.2, 0.25) is 0 Å². The molecule has 0 radical (unpaired) electrons. The summed E-state index contributed by atoms with van der Waals surface area (Å²) in [6, 6.07) is 8.94. The lowest BCUT2D eigenvalue weighted by Gasteiger charge is -2.22. The van der Waals surface area contributed by atoms with E-state index in [0.717, 1.165) is 19.5 Å². The molecule has 1 unspecified atom stereocenters. The Morgan fingerprint density at radius 1 is 1.28 bits per heavy atom. The first kappa shape index (κ1) is 19.1. The van der Waals surface area contributed by atoms with E-state index in [1.165, 1.54) is 11.3 Å². The van der Waals surface area contributed by atoms with E-state index in [4.69, 9.17) is 0 Å². The van der Waals surface area contributed by atoms with Gasteiger partial charge < -0.3 is 20.9 Å². The van der Waals surface area contributed by atoms with E-state index >= 15 is 0 Å². The summed E-state index contributed by atoms with van der Waals surface area (Å²) in [5.74, 6) is 0.628. The second-order valence-corrected chi connectivity index (χ2v) is 7.64. The Hall–Kier alpha value is -2.24. The van der Waals surface area contributed by atoms with E-state index in [0.29, 0.717) is 12.0 Å². The van der Waals surface area contributed by atoms with Crippen LogP contribution in [0.1, 0.15) is 32.8 Å². The molecule has 1 aliphatic heterocycles. The lowest BCUT2D eigenvalue weighted by atomic mass is 10.1. The third-order valence-electron chi connectivity index (χ3n) is 4.08. The van der Waals surface area contributed by atoms with Gasteiger partial charge in [0, 0.05) is 37.4 Å². The van der Waals surface area contributed by atoms with Gasteiger partial charge in [0.15, 0.2) is 5.96 Å². The molecule has 2 rings (SSSR count). The molecular weight excluding hydrogens is 314 g/mol. The molecule has 1 heterocycles. The van der Waals surface area contributed by atoms with Gasteiger partial charge in [-0.25, -0.2) is 0 Å². The highest BCUT2D eigenvalue weighted by Crippen LogP contribution is 2.20. The lowest BCUT2D eigenvalue weighted by Crippen LogP contribution is -2.50. The Kier molecular flexibility index (Phi) is 6.28. The van der Waals surface area contributed by atoms with E-state index in [1.54, 1.807) is 7.05 Å². The lowest BCUT2D eigenvalue weighted by molar-refractivity contribution is -0.121. The number of rotatable bonds is 4. The van der Waals surface area contributed by atoms with Crippen molar-refractivity contribution in [3.63, 3.8) is 0 Å². The summed E-state index contributed by atoms with van der Waals surface area (Å²) >= 11 is 0. The summed E-state index contributed by atoms with van der Waals surface area (Å²) in [6.07, 6.45) is 1.04. The Morgan fingerprint density at radius 3 is 2.56 bits per heavy atom. The van der Waals surface area contributed by atoms with E-state index in [-0.39, 0.29) is 18.0 Å². The summed E-state index contributed by atoms with van der Waals surface area (Å²) in [5.41, 5.74) is 2.30. The minimum Gasteiger partial charge on any atom is -0.369 e. The van der Waals surface area contributed by atoms with Crippen molar-refractivity contribution in [1.29, 1.82) is 0 Å². The number of aliphatic imine (C=N–C) groups is 1. The zero-order valence-electron chi connectivity index (χ0n) is 16.0. The van der Waals surface area contributed by atoms with Gasteiger partial charge in [0.2, 0.25) is 5.91 Å². The fraction of sp³-hybridized carbons (Fsp3) is 0.579. The van der Waals surface area contributed by atoms with Crippen molar-refractivity contribution >= 4 is 17.6 Å². The van der Waals surface area contributed by atoms with Gasteiger partial charge in [0.1, 0.15) is 0 Å². The molecule has 0 aromatic heterocycles. The van der Waals surface area contributed by atoms with Crippen molar-refractivity contribution in [1.82, 2.24) is 16.0 Å². The molecule has 1 fully saturated rings. The summed E-state index contributed by atoms with van der Waals surface area (Å²) in [6.45, 7) is 10.2. The molecule has 0 aliphatic carbocycles. The first-order valence-electron chi connectivity index (χ1n) is 8.86. The molecule has 6 heteroatoms. The Bertz CT molecular complexity index is 603. The maximum Gasteiger partial charge on any atom is 0.239 e. The first-order chi connectivity index (χ1) is 11.8. The van der Waals surface area contributed by atoms with Crippen LogP contribution < -0.4 is 20.9 Å². The molecule has 138 valence electrons. The van der Waals surface area contributed by atoms with Gasteiger partial charge in [0.05, 0.1) is 6.54 Å².